The van der Waals surface area contributed by atoms with Crippen LogP contribution in [0.4, 0.5) is 0 Å². The molecule has 2 heteroatoms. The molecular formula is C14H21NO. The maximum atomic E-state index is 6.02. The van der Waals surface area contributed by atoms with E-state index in [1.807, 2.05) is 0 Å². The van der Waals surface area contributed by atoms with Gasteiger partial charge < -0.3 is 10.5 Å². The van der Waals surface area contributed by atoms with Crippen LogP contribution in [0, 0.1) is 0 Å². The second kappa shape index (κ2) is 5.35. The summed E-state index contributed by atoms with van der Waals surface area (Å²) in [5.74, 6) is 1.07. The Morgan fingerprint density at radius 3 is 3.06 bits per heavy atom. The Labute approximate surface area is 97.8 Å². The van der Waals surface area contributed by atoms with E-state index in [9.17, 15) is 0 Å². The lowest BCUT2D eigenvalue weighted by molar-refractivity contribution is 0.357. The second-order valence-corrected chi connectivity index (χ2v) is 4.63. The average molecular weight is 219 g/mol. The van der Waals surface area contributed by atoms with Crippen LogP contribution in [0.3, 0.4) is 0 Å². The van der Waals surface area contributed by atoms with Crippen LogP contribution in [0.1, 0.15) is 37.3 Å². The SMILES string of the molecule is CCCC(N)CCc1ccc2c(c1)CCO2. The topological polar surface area (TPSA) is 35.2 Å². The minimum atomic E-state index is 0.356. The predicted octanol–water partition coefficient (Wildman–Crippen LogP) is 2.68. The molecule has 16 heavy (non-hydrogen) atoms. The Morgan fingerprint density at radius 1 is 1.38 bits per heavy atom. The van der Waals surface area contributed by atoms with Crippen molar-refractivity contribution in [1.29, 1.82) is 0 Å². The lowest BCUT2D eigenvalue weighted by Gasteiger charge is -2.10. The first-order chi connectivity index (χ1) is 7.79. The fraction of sp³-hybridized carbons (Fsp3) is 0.571. The van der Waals surface area contributed by atoms with Crippen molar-refractivity contribution in [2.24, 2.45) is 5.73 Å². The van der Waals surface area contributed by atoms with Crippen LogP contribution in [-0.4, -0.2) is 12.6 Å². The number of ether oxygens (including phenoxy) is 1. The lowest BCUT2D eigenvalue weighted by Crippen LogP contribution is -2.20. The van der Waals surface area contributed by atoms with Gasteiger partial charge in [0.25, 0.3) is 0 Å². The zero-order chi connectivity index (χ0) is 11.4. The van der Waals surface area contributed by atoms with Gasteiger partial charge in [0.05, 0.1) is 6.61 Å². The highest BCUT2D eigenvalue weighted by Gasteiger charge is 2.12. The number of fused-ring (bicyclic) bond motifs is 1. The number of hydrogen-bond acceptors (Lipinski definition) is 2. The van der Waals surface area contributed by atoms with Crippen LogP contribution in [0.25, 0.3) is 0 Å². The first-order valence-electron chi connectivity index (χ1n) is 6.29. The zero-order valence-electron chi connectivity index (χ0n) is 10.0. The molecule has 1 aliphatic heterocycles. The third kappa shape index (κ3) is 2.76. The van der Waals surface area contributed by atoms with Gasteiger partial charge in [-0.2, -0.15) is 0 Å². The summed E-state index contributed by atoms with van der Waals surface area (Å²) in [5.41, 5.74) is 8.78. The van der Waals surface area contributed by atoms with Crippen LogP contribution in [-0.2, 0) is 12.8 Å². The normalized spacial score (nSPS) is 15.6. The fourth-order valence-electron chi connectivity index (χ4n) is 2.26. The smallest absolute Gasteiger partial charge is 0.122 e. The van der Waals surface area contributed by atoms with Crippen molar-refractivity contribution in [3.05, 3.63) is 29.3 Å². The van der Waals surface area contributed by atoms with Crippen molar-refractivity contribution < 1.29 is 4.74 Å². The molecule has 0 bridgehead atoms. The van der Waals surface area contributed by atoms with Gasteiger partial charge in [-0.05, 0) is 36.5 Å². The maximum Gasteiger partial charge on any atom is 0.122 e. The van der Waals surface area contributed by atoms with Gasteiger partial charge in [-0.25, -0.2) is 0 Å². The molecule has 0 fully saturated rings. The Bertz CT molecular complexity index is 349. The molecule has 2 nitrogen and oxygen atoms in total. The molecule has 1 unspecified atom stereocenters. The van der Waals surface area contributed by atoms with Gasteiger partial charge >= 0.3 is 0 Å². The maximum absolute atomic E-state index is 6.02. The number of aryl methyl sites for hydroxylation is 1. The summed E-state index contributed by atoms with van der Waals surface area (Å²) in [6, 6.07) is 6.90. The fourth-order valence-corrected chi connectivity index (χ4v) is 2.26. The van der Waals surface area contributed by atoms with E-state index in [4.69, 9.17) is 10.5 Å². The van der Waals surface area contributed by atoms with E-state index in [2.05, 4.69) is 25.1 Å². The van der Waals surface area contributed by atoms with E-state index in [1.54, 1.807) is 0 Å². The highest BCUT2D eigenvalue weighted by Crippen LogP contribution is 2.26. The molecule has 0 saturated carbocycles. The first kappa shape index (κ1) is 11.5. The monoisotopic (exact) mass is 219 g/mol. The van der Waals surface area contributed by atoms with Gasteiger partial charge in [-0.3, -0.25) is 0 Å². The van der Waals surface area contributed by atoms with E-state index in [0.717, 1.165) is 38.0 Å². The van der Waals surface area contributed by atoms with Gasteiger partial charge in [-0.1, -0.05) is 25.5 Å². The molecule has 0 aromatic heterocycles. The largest absolute Gasteiger partial charge is 0.493 e. The van der Waals surface area contributed by atoms with E-state index >= 15 is 0 Å². The minimum Gasteiger partial charge on any atom is -0.493 e. The minimum absolute atomic E-state index is 0.356. The zero-order valence-corrected chi connectivity index (χ0v) is 10.0. The first-order valence-corrected chi connectivity index (χ1v) is 6.29. The number of hydrogen-bond donors (Lipinski definition) is 1. The summed E-state index contributed by atoms with van der Waals surface area (Å²) in [6.45, 7) is 3.03. The van der Waals surface area contributed by atoms with Crippen LogP contribution >= 0.6 is 0 Å². The van der Waals surface area contributed by atoms with Gasteiger partial charge in [0.15, 0.2) is 0 Å². The molecule has 1 heterocycles. The molecule has 88 valence electrons. The van der Waals surface area contributed by atoms with E-state index < -0.39 is 0 Å². The number of benzene rings is 1. The van der Waals surface area contributed by atoms with E-state index in [-0.39, 0.29) is 0 Å². The van der Waals surface area contributed by atoms with E-state index in [0.29, 0.717) is 6.04 Å². The van der Waals surface area contributed by atoms with Crippen LogP contribution in [0.2, 0.25) is 0 Å². The quantitative estimate of drug-likeness (QED) is 0.826. The van der Waals surface area contributed by atoms with Crippen LogP contribution in [0.5, 0.6) is 5.75 Å². The van der Waals surface area contributed by atoms with Crippen LogP contribution in [0.15, 0.2) is 18.2 Å². The lowest BCUT2D eigenvalue weighted by atomic mass is 10.0. The third-order valence-corrected chi connectivity index (χ3v) is 3.22. The van der Waals surface area contributed by atoms with Crippen molar-refractivity contribution in [2.45, 2.75) is 45.1 Å². The average Bonchev–Trinajstić information content (AvgIpc) is 2.74. The standard InChI is InChI=1S/C14H21NO/c1-2-3-13(15)6-4-11-5-7-14-12(10-11)8-9-16-14/h5,7,10,13H,2-4,6,8-9,15H2,1H3. The highest BCUT2D eigenvalue weighted by molar-refractivity contribution is 5.39. The van der Waals surface area contributed by atoms with Crippen molar-refractivity contribution in [2.75, 3.05) is 6.61 Å². The molecule has 2 rings (SSSR count). The Hall–Kier alpha value is -1.02. The molecule has 1 atom stereocenters. The molecule has 0 amide bonds. The summed E-state index contributed by atoms with van der Waals surface area (Å²) in [4.78, 5) is 0. The Morgan fingerprint density at radius 2 is 2.25 bits per heavy atom. The highest BCUT2D eigenvalue weighted by atomic mass is 16.5. The van der Waals surface area contributed by atoms with E-state index in [1.165, 1.54) is 17.5 Å². The van der Waals surface area contributed by atoms with Crippen LogP contribution < -0.4 is 10.5 Å². The summed E-state index contributed by atoms with van der Waals surface area (Å²) < 4.78 is 5.49. The predicted molar refractivity (Wildman–Crippen MR) is 66.8 cm³/mol. The number of rotatable bonds is 5. The molecule has 0 radical (unpaired) electrons. The molecule has 0 saturated heterocycles. The summed E-state index contributed by atoms with van der Waals surface area (Å²) in [5, 5.41) is 0. The van der Waals surface area contributed by atoms with Crippen molar-refractivity contribution in [3.63, 3.8) is 0 Å². The molecule has 1 aromatic rings. The Balaban J connectivity index is 1.90. The molecule has 0 spiro atoms. The summed E-state index contributed by atoms with van der Waals surface area (Å²) in [7, 11) is 0. The van der Waals surface area contributed by atoms with Gasteiger partial charge in [0.1, 0.15) is 5.75 Å². The second-order valence-electron chi connectivity index (χ2n) is 4.63. The molecular weight excluding hydrogens is 198 g/mol. The Kier molecular flexibility index (Phi) is 3.83. The van der Waals surface area contributed by atoms with Crippen molar-refractivity contribution >= 4 is 0 Å². The molecule has 1 aromatic carbocycles. The third-order valence-electron chi connectivity index (χ3n) is 3.22. The molecule has 0 aliphatic carbocycles. The van der Waals surface area contributed by atoms with Crippen molar-refractivity contribution in [1.82, 2.24) is 0 Å². The molecule has 1 aliphatic rings. The summed E-state index contributed by atoms with van der Waals surface area (Å²) >= 11 is 0. The number of nitrogens with two attached hydrogens (primary N) is 1. The summed E-state index contributed by atoms with van der Waals surface area (Å²) in [6.07, 6.45) is 5.55. The van der Waals surface area contributed by atoms with Crippen molar-refractivity contribution in [3.8, 4) is 5.75 Å². The van der Waals surface area contributed by atoms with Gasteiger partial charge in [-0.15, -0.1) is 0 Å². The van der Waals surface area contributed by atoms with Gasteiger partial charge in [0, 0.05) is 12.5 Å². The van der Waals surface area contributed by atoms with Gasteiger partial charge in [0.2, 0.25) is 0 Å². The molecule has 2 N–H and O–H groups in total.